The lowest BCUT2D eigenvalue weighted by Gasteiger charge is -2.10. The van der Waals surface area contributed by atoms with Crippen LogP contribution in [0.2, 0.25) is 0 Å². The Hall–Kier alpha value is -1.15. The fourth-order valence-corrected chi connectivity index (χ4v) is 3.23. The molecule has 0 aliphatic heterocycles. The quantitative estimate of drug-likeness (QED) is 0.823. The van der Waals surface area contributed by atoms with Crippen molar-refractivity contribution in [1.29, 1.82) is 0 Å². The molecule has 0 bridgehead atoms. The van der Waals surface area contributed by atoms with Gasteiger partial charge < -0.3 is 0 Å². The molecule has 0 unspecified atom stereocenters. The van der Waals surface area contributed by atoms with Gasteiger partial charge in [0.25, 0.3) is 10.0 Å². The van der Waals surface area contributed by atoms with Crippen molar-refractivity contribution in [3.8, 4) is 0 Å². The highest BCUT2D eigenvalue weighted by Crippen LogP contribution is 2.22. The van der Waals surface area contributed by atoms with Gasteiger partial charge in [-0.3, -0.25) is 9.71 Å². The normalized spacial score (nSPS) is 11.3. The van der Waals surface area contributed by atoms with Crippen LogP contribution in [0.4, 0.5) is 5.69 Å². The molecule has 100 valence electrons. The van der Waals surface area contributed by atoms with E-state index < -0.39 is 10.0 Å². The third-order valence-electron chi connectivity index (χ3n) is 2.57. The number of nitrogens with zero attached hydrogens (tertiary/aromatic N) is 1. The smallest absolute Gasteiger partial charge is 0.261 e. The lowest BCUT2D eigenvalue weighted by atomic mass is 10.2. The minimum Gasteiger partial charge on any atom is -0.278 e. The van der Waals surface area contributed by atoms with Crippen molar-refractivity contribution in [2.24, 2.45) is 0 Å². The van der Waals surface area contributed by atoms with Crippen LogP contribution in [0.25, 0.3) is 0 Å². The number of aromatic nitrogens is 1. The first-order chi connectivity index (χ1) is 8.88. The van der Waals surface area contributed by atoms with Gasteiger partial charge in [-0.25, -0.2) is 8.42 Å². The molecule has 0 spiro atoms. The van der Waals surface area contributed by atoms with Crippen molar-refractivity contribution < 1.29 is 8.42 Å². The van der Waals surface area contributed by atoms with E-state index in [0.717, 1.165) is 14.8 Å². The molecular weight excluding hydrogens is 375 g/mol. The molecular formula is C13H13IN2O2S. The number of benzene rings is 1. The molecule has 0 fully saturated rings. The summed E-state index contributed by atoms with van der Waals surface area (Å²) in [6.07, 6.45) is 1.64. The zero-order valence-corrected chi connectivity index (χ0v) is 13.5. The third kappa shape index (κ3) is 3.44. The first-order valence-electron chi connectivity index (χ1n) is 5.60. The highest BCUT2D eigenvalue weighted by Gasteiger charge is 2.15. The van der Waals surface area contributed by atoms with Gasteiger partial charge >= 0.3 is 0 Å². The summed E-state index contributed by atoms with van der Waals surface area (Å²) in [6, 6.07) is 8.46. The molecule has 6 heteroatoms. The summed E-state index contributed by atoms with van der Waals surface area (Å²) in [5.74, 6) is 0. The highest BCUT2D eigenvalue weighted by atomic mass is 127. The summed E-state index contributed by atoms with van der Waals surface area (Å²) in [6.45, 7) is 3.73. The van der Waals surface area contributed by atoms with Crippen molar-refractivity contribution in [1.82, 2.24) is 4.98 Å². The molecule has 0 saturated heterocycles. The molecule has 0 aliphatic carbocycles. The van der Waals surface area contributed by atoms with Gasteiger partial charge in [0.05, 0.1) is 14.2 Å². The number of sulfonamides is 1. The Labute approximate surface area is 126 Å². The van der Waals surface area contributed by atoms with Gasteiger partial charge in [0.1, 0.15) is 0 Å². The van der Waals surface area contributed by atoms with Gasteiger partial charge in [0, 0.05) is 11.9 Å². The summed E-state index contributed by atoms with van der Waals surface area (Å²) < 4.78 is 27.8. The van der Waals surface area contributed by atoms with Gasteiger partial charge in [-0.1, -0.05) is 17.7 Å². The highest BCUT2D eigenvalue weighted by molar-refractivity contribution is 14.1. The largest absolute Gasteiger partial charge is 0.278 e. The molecule has 1 aromatic heterocycles. The number of pyridine rings is 1. The molecule has 1 heterocycles. The SMILES string of the molecule is Cc1ccc(S(=O)(=O)Nc2cc(C)ncc2I)cc1. The van der Waals surface area contributed by atoms with Crippen molar-refractivity contribution in [2.45, 2.75) is 18.7 Å². The number of rotatable bonds is 3. The summed E-state index contributed by atoms with van der Waals surface area (Å²) >= 11 is 2.05. The topological polar surface area (TPSA) is 59.1 Å². The van der Waals surface area contributed by atoms with Crippen molar-refractivity contribution >= 4 is 38.3 Å². The molecule has 0 saturated carbocycles. The van der Waals surface area contributed by atoms with Gasteiger partial charge in [0.2, 0.25) is 0 Å². The number of halogens is 1. The Kier molecular flexibility index (Phi) is 4.10. The monoisotopic (exact) mass is 388 g/mol. The molecule has 2 rings (SSSR count). The Morgan fingerprint density at radius 2 is 1.79 bits per heavy atom. The van der Waals surface area contributed by atoms with Crippen molar-refractivity contribution in [3.63, 3.8) is 0 Å². The van der Waals surface area contributed by atoms with E-state index in [9.17, 15) is 8.42 Å². The fraction of sp³-hybridized carbons (Fsp3) is 0.154. The number of anilines is 1. The van der Waals surface area contributed by atoms with Crippen LogP contribution in [0, 0.1) is 17.4 Å². The van der Waals surface area contributed by atoms with Crippen LogP contribution in [0.3, 0.4) is 0 Å². The lowest BCUT2D eigenvalue weighted by Crippen LogP contribution is -2.14. The van der Waals surface area contributed by atoms with Crippen molar-refractivity contribution in [3.05, 3.63) is 51.4 Å². The zero-order valence-electron chi connectivity index (χ0n) is 10.5. The van der Waals surface area contributed by atoms with Gasteiger partial charge in [-0.15, -0.1) is 0 Å². The van der Waals surface area contributed by atoms with Crippen LogP contribution in [-0.4, -0.2) is 13.4 Å². The van der Waals surface area contributed by atoms with E-state index in [4.69, 9.17) is 0 Å². The Morgan fingerprint density at radius 1 is 1.16 bits per heavy atom. The fourth-order valence-electron chi connectivity index (χ4n) is 1.54. The summed E-state index contributed by atoms with van der Waals surface area (Å²) in [5, 5.41) is 0. The predicted octanol–water partition coefficient (Wildman–Crippen LogP) is 3.10. The van der Waals surface area contributed by atoms with E-state index in [0.29, 0.717) is 5.69 Å². The molecule has 2 aromatic rings. The Bertz CT molecular complexity index is 697. The van der Waals surface area contributed by atoms with Crippen LogP contribution in [0.5, 0.6) is 0 Å². The van der Waals surface area contributed by atoms with Gasteiger partial charge in [0.15, 0.2) is 0 Å². The van der Waals surface area contributed by atoms with E-state index in [1.165, 1.54) is 0 Å². The summed E-state index contributed by atoms with van der Waals surface area (Å²) in [5.41, 5.74) is 2.34. The van der Waals surface area contributed by atoms with Gasteiger partial charge in [-0.2, -0.15) is 0 Å². The second-order valence-corrected chi connectivity index (χ2v) is 7.07. The molecule has 0 radical (unpaired) electrons. The van der Waals surface area contributed by atoms with Crippen LogP contribution in [0.15, 0.2) is 41.4 Å². The molecule has 0 aliphatic rings. The second kappa shape index (κ2) is 5.46. The number of aryl methyl sites for hydroxylation is 2. The third-order valence-corrected chi connectivity index (χ3v) is 4.81. The Morgan fingerprint density at radius 3 is 2.42 bits per heavy atom. The van der Waals surface area contributed by atoms with E-state index >= 15 is 0 Å². The van der Waals surface area contributed by atoms with E-state index in [-0.39, 0.29) is 4.90 Å². The maximum atomic E-state index is 12.2. The van der Waals surface area contributed by atoms with Crippen LogP contribution >= 0.6 is 22.6 Å². The van der Waals surface area contributed by atoms with E-state index in [1.54, 1.807) is 36.5 Å². The second-order valence-electron chi connectivity index (χ2n) is 4.22. The van der Waals surface area contributed by atoms with Crippen LogP contribution in [-0.2, 0) is 10.0 Å². The zero-order chi connectivity index (χ0) is 14.0. The van der Waals surface area contributed by atoms with Crippen LogP contribution < -0.4 is 4.72 Å². The maximum absolute atomic E-state index is 12.2. The maximum Gasteiger partial charge on any atom is 0.261 e. The number of hydrogen-bond donors (Lipinski definition) is 1. The van der Waals surface area contributed by atoms with E-state index in [2.05, 4.69) is 32.3 Å². The average Bonchev–Trinajstić information content (AvgIpc) is 2.34. The summed E-state index contributed by atoms with van der Waals surface area (Å²) in [7, 11) is -3.55. The van der Waals surface area contributed by atoms with Gasteiger partial charge in [-0.05, 0) is 54.6 Å². The number of nitrogens with one attached hydrogen (secondary N) is 1. The first-order valence-corrected chi connectivity index (χ1v) is 8.16. The minimum atomic E-state index is -3.55. The lowest BCUT2D eigenvalue weighted by molar-refractivity contribution is 0.601. The van der Waals surface area contributed by atoms with Crippen LogP contribution in [0.1, 0.15) is 11.3 Å². The number of hydrogen-bond acceptors (Lipinski definition) is 3. The standard InChI is InChI=1S/C13H13IN2O2S/c1-9-3-5-11(6-4-9)19(17,18)16-13-7-10(2)15-8-12(13)14/h3-8H,1-2H3,(H,15,16). The minimum absolute atomic E-state index is 0.253. The predicted molar refractivity (Wildman–Crippen MR) is 83.7 cm³/mol. The summed E-state index contributed by atoms with van der Waals surface area (Å²) in [4.78, 5) is 4.36. The molecule has 1 N–H and O–H groups in total. The van der Waals surface area contributed by atoms with Crippen molar-refractivity contribution in [2.75, 3.05) is 4.72 Å². The Balaban J connectivity index is 2.36. The molecule has 4 nitrogen and oxygen atoms in total. The average molecular weight is 388 g/mol. The molecule has 0 amide bonds. The first kappa shape index (κ1) is 14.3. The molecule has 0 atom stereocenters. The molecule has 19 heavy (non-hydrogen) atoms. The van der Waals surface area contributed by atoms with E-state index in [1.807, 2.05) is 13.8 Å². The molecule has 1 aromatic carbocycles.